The van der Waals surface area contributed by atoms with E-state index in [2.05, 4.69) is 38.1 Å². The van der Waals surface area contributed by atoms with Crippen LogP contribution in [0, 0.1) is 6.92 Å². The van der Waals surface area contributed by atoms with E-state index in [9.17, 15) is 0 Å². The molecular formula is C14H22N2O2. The van der Waals surface area contributed by atoms with Crippen molar-refractivity contribution in [2.45, 2.75) is 39.5 Å². The average Bonchev–Trinajstić information content (AvgIpc) is 2.29. The molecule has 100 valence electrons. The Balaban J connectivity index is 2.69. The second kappa shape index (κ2) is 5.76. The van der Waals surface area contributed by atoms with Gasteiger partial charge in [-0.25, -0.2) is 0 Å². The number of hydrogen-bond acceptors (Lipinski definition) is 3. The summed E-state index contributed by atoms with van der Waals surface area (Å²) in [6.07, 6.45) is 0.414. The molecule has 3 N–H and O–H groups in total. The standard InChI is InChI=1S/C14H22N2O2/c1-10-9-11(14(2,3)4)5-6-12(10)18-8-7-13(15)16-17/h5-6,9,17H,7-8H2,1-4H3,(H2,15,16). The molecule has 0 fully saturated rings. The van der Waals surface area contributed by atoms with Crippen LogP contribution in [0.1, 0.15) is 38.3 Å². The summed E-state index contributed by atoms with van der Waals surface area (Å²) < 4.78 is 5.60. The van der Waals surface area contributed by atoms with Gasteiger partial charge in [0.25, 0.3) is 0 Å². The first-order valence-corrected chi connectivity index (χ1v) is 6.05. The molecule has 0 aliphatic rings. The van der Waals surface area contributed by atoms with Crippen molar-refractivity contribution in [1.82, 2.24) is 0 Å². The van der Waals surface area contributed by atoms with Crippen molar-refractivity contribution in [2.24, 2.45) is 10.9 Å². The zero-order valence-electron chi connectivity index (χ0n) is 11.5. The van der Waals surface area contributed by atoms with Gasteiger partial charge in [-0.05, 0) is 29.5 Å². The van der Waals surface area contributed by atoms with E-state index in [1.54, 1.807) is 0 Å². The number of hydrogen-bond donors (Lipinski definition) is 2. The summed E-state index contributed by atoms with van der Waals surface area (Å²) in [6, 6.07) is 6.19. The van der Waals surface area contributed by atoms with Crippen LogP contribution in [0.4, 0.5) is 0 Å². The number of rotatable bonds is 4. The molecule has 0 radical (unpaired) electrons. The molecule has 0 atom stereocenters. The van der Waals surface area contributed by atoms with E-state index >= 15 is 0 Å². The minimum Gasteiger partial charge on any atom is -0.493 e. The molecule has 0 unspecified atom stereocenters. The van der Waals surface area contributed by atoms with E-state index in [0.717, 1.165) is 11.3 Å². The van der Waals surface area contributed by atoms with E-state index in [0.29, 0.717) is 13.0 Å². The van der Waals surface area contributed by atoms with Gasteiger partial charge in [0, 0.05) is 6.42 Å². The highest BCUT2D eigenvalue weighted by Crippen LogP contribution is 2.27. The Labute approximate surface area is 108 Å². The van der Waals surface area contributed by atoms with Crippen LogP contribution in [0.15, 0.2) is 23.4 Å². The number of oxime groups is 1. The van der Waals surface area contributed by atoms with Gasteiger partial charge >= 0.3 is 0 Å². The van der Waals surface area contributed by atoms with E-state index in [1.807, 2.05) is 13.0 Å². The quantitative estimate of drug-likeness (QED) is 0.374. The number of benzene rings is 1. The smallest absolute Gasteiger partial charge is 0.142 e. The number of aryl methyl sites for hydroxylation is 1. The third-order valence-corrected chi connectivity index (χ3v) is 2.79. The van der Waals surface area contributed by atoms with Gasteiger partial charge in [-0.15, -0.1) is 0 Å². The van der Waals surface area contributed by atoms with Crippen molar-refractivity contribution in [1.29, 1.82) is 0 Å². The van der Waals surface area contributed by atoms with Crippen LogP contribution in [0.5, 0.6) is 5.75 Å². The van der Waals surface area contributed by atoms with E-state index < -0.39 is 0 Å². The predicted molar refractivity (Wildman–Crippen MR) is 73.4 cm³/mol. The molecule has 0 aromatic heterocycles. The first kappa shape index (κ1) is 14.4. The molecular weight excluding hydrogens is 228 g/mol. The van der Waals surface area contributed by atoms with Crippen molar-refractivity contribution in [2.75, 3.05) is 6.61 Å². The number of nitrogens with zero attached hydrogens (tertiary/aromatic N) is 1. The minimum absolute atomic E-state index is 0.136. The summed E-state index contributed by atoms with van der Waals surface area (Å²) >= 11 is 0. The first-order chi connectivity index (χ1) is 8.34. The molecule has 1 aromatic carbocycles. The van der Waals surface area contributed by atoms with Gasteiger partial charge in [0.1, 0.15) is 11.6 Å². The van der Waals surface area contributed by atoms with Crippen molar-refractivity contribution in [3.05, 3.63) is 29.3 Å². The Morgan fingerprint density at radius 3 is 2.56 bits per heavy atom. The fourth-order valence-electron chi connectivity index (χ4n) is 1.59. The van der Waals surface area contributed by atoms with Gasteiger partial charge in [-0.1, -0.05) is 38.1 Å². The lowest BCUT2D eigenvalue weighted by Gasteiger charge is -2.20. The Hall–Kier alpha value is -1.71. The highest BCUT2D eigenvalue weighted by atomic mass is 16.5. The Morgan fingerprint density at radius 1 is 1.39 bits per heavy atom. The summed E-state index contributed by atoms with van der Waals surface area (Å²) in [5.74, 6) is 1.02. The summed E-state index contributed by atoms with van der Waals surface area (Å²) in [5, 5.41) is 11.3. The summed E-state index contributed by atoms with van der Waals surface area (Å²) in [5.41, 5.74) is 7.89. The lowest BCUT2D eigenvalue weighted by molar-refractivity contribution is 0.305. The number of nitrogens with two attached hydrogens (primary N) is 1. The van der Waals surface area contributed by atoms with Crippen molar-refractivity contribution in [3.63, 3.8) is 0 Å². The van der Waals surface area contributed by atoms with Crippen molar-refractivity contribution < 1.29 is 9.94 Å². The molecule has 0 aliphatic carbocycles. The van der Waals surface area contributed by atoms with Crippen LogP contribution < -0.4 is 10.5 Å². The third kappa shape index (κ3) is 3.95. The predicted octanol–water partition coefficient (Wildman–Crippen LogP) is 2.81. The lowest BCUT2D eigenvalue weighted by Crippen LogP contribution is -2.16. The zero-order chi connectivity index (χ0) is 13.8. The molecule has 0 bridgehead atoms. The van der Waals surface area contributed by atoms with Gasteiger partial charge in [0.05, 0.1) is 6.61 Å². The molecule has 4 nitrogen and oxygen atoms in total. The summed E-state index contributed by atoms with van der Waals surface area (Å²) in [6.45, 7) is 8.97. The van der Waals surface area contributed by atoms with Gasteiger partial charge in [0.2, 0.25) is 0 Å². The fraction of sp³-hybridized carbons (Fsp3) is 0.500. The topological polar surface area (TPSA) is 67.8 Å². The maximum Gasteiger partial charge on any atom is 0.142 e. The maximum absolute atomic E-state index is 8.42. The van der Waals surface area contributed by atoms with Gasteiger partial charge in [-0.3, -0.25) is 0 Å². The highest BCUT2D eigenvalue weighted by Gasteiger charge is 2.14. The molecule has 4 heteroatoms. The van der Waals surface area contributed by atoms with Crippen LogP contribution in [0.2, 0.25) is 0 Å². The molecule has 0 aliphatic heterocycles. The molecule has 0 saturated carbocycles. The molecule has 1 aromatic rings. The second-order valence-corrected chi connectivity index (χ2v) is 5.42. The van der Waals surface area contributed by atoms with Crippen LogP contribution in [0.3, 0.4) is 0 Å². The first-order valence-electron chi connectivity index (χ1n) is 6.05. The minimum atomic E-state index is 0.136. The van der Waals surface area contributed by atoms with Crippen LogP contribution >= 0.6 is 0 Å². The van der Waals surface area contributed by atoms with Crippen LogP contribution in [-0.4, -0.2) is 17.6 Å². The molecule has 0 spiro atoms. The van der Waals surface area contributed by atoms with E-state index in [-0.39, 0.29) is 11.3 Å². The van der Waals surface area contributed by atoms with Crippen molar-refractivity contribution in [3.8, 4) is 5.75 Å². The van der Waals surface area contributed by atoms with Gasteiger partial charge < -0.3 is 15.7 Å². The summed E-state index contributed by atoms with van der Waals surface area (Å²) in [7, 11) is 0. The Bertz CT molecular complexity index is 434. The lowest BCUT2D eigenvalue weighted by atomic mass is 9.86. The van der Waals surface area contributed by atoms with Crippen molar-refractivity contribution >= 4 is 5.84 Å². The largest absolute Gasteiger partial charge is 0.493 e. The van der Waals surface area contributed by atoms with Crippen LogP contribution in [0.25, 0.3) is 0 Å². The third-order valence-electron chi connectivity index (χ3n) is 2.79. The van der Waals surface area contributed by atoms with E-state index in [4.69, 9.17) is 15.7 Å². The normalized spacial score (nSPS) is 12.6. The van der Waals surface area contributed by atoms with E-state index in [1.165, 1.54) is 5.56 Å². The monoisotopic (exact) mass is 250 g/mol. The number of ether oxygens (including phenoxy) is 1. The molecule has 0 saturated heterocycles. The SMILES string of the molecule is Cc1cc(C(C)(C)C)ccc1OCC/C(N)=N/O. The zero-order valence-corrected chi connectivity index (χ0v) is 11.5. The van der Waals surface area contributed by atoms with Gasteiger partial charge in [-0.2, -0.15) is 0 Å². The Morgan fingerprint density at radius 2 is 2.06 bits per heavy atom. The second-order valence-electron chi connectivity index (χ2n) is 5.42. The Kier molecular flexibility index (Phi) is 4.59. The highest BCUT2D eigenvalue weighted by molar-refractivity contribution is 5.79. The molecule has 0 amide bonds. The summed E-state index contributed by atoms with van der Waals surface area (Å²) in [4.78, 5) is 0. The molecule has 0 heterocycles. The average molecular weight is 250 g/mol. The molecule has 18 heavy (non-hydrogen) atoms. The van der Waals surface area contributed by atoms with Crippen LogP contribution in [-0.2, 0) is 5.41 Å². The fourth-order valence-corrected chi connectivity index (χ4v) is 1.59. The molecule has 1 rings (SSSR count). The van der Waals surface area contributed by atoms with Gasteiger partial charge in [0.15, 0.2) is 0 Å². The number of amidine groups is 1. The maximum atomic E-state index is 8.42.